The fourth-order valence-electron chi connectivity index (χ4n) is 4.00. The van der Waals surface area contributed by atoms with E-state index in [1.54, 1.807) is 11.3 Å². The number of nitrogens with zero attached hydrogens (tertiary/aromatic N) is 2. The van der Waals surface area contributed by atoms with E-state index in [4.69, 9.17) is 0 Å². The van der Waals surface area contributed by atoms with Crippen molar-refractivity contribution < 1.29 is 4.79 Å². The molecule has 3 rings (SSSR count). The summed E-state index contributed by atoms with van der Waals surface area (Å²) in [5.74, 6) is 1.61. The summed E-state index contributed by atoms with van der Waals surface area (Å²) in [5, 5.41) is 4.38. The minimum absolute atomic E-state index is 0.329. The van der Waals surface area contributed by atoms with Gasteiger partial charge in [0.1, 0.15) is 0 Å². The molecule has 3 nitrogen and oxygen atoms in total. The van der Waals surface area contributed by atoms with Gasteiger partial charge in [-0.2, -0.15) is 11.3 Å². The van der Waals surface area contributed by atoms with Gasteiger partial charge in [-0.3, -0.25) is 9.69 Å². The third-order valence-corrected chi connectivity index (χ3v) is 5.55. The van der Waals surface area contributed by atoms with E-state index in [0.29, 0.717) is 30.3 Å². The molecule has 0 spiro atoms. The first-order valence-corrected chi connectivity index (χ1v) is 9.11. The van der Waals surface area contributed by atoms with Gasteiger partial charge in [0.25, 0.3) is 0 Å². The van der Waals surface area contributed by atoms with Crippen molar-refractivity contribution in [1.82, 2.24) is 9.80 Å². The van der Waals surface area contributed by atoms with Crippen LogP contribution in [0.15, 0.2) is 16.8 Å². The quantitative estimate of drug-likeness (QED) is 0.854. The molecular weight excluding hydrogens is 280 g/mol. The van der Waals surface area contributed by atoms with Crippen LogP contribution in [0.3, 0.4) is 0 Å². The maximum atomic E-state index is 12.6. The van der Waals surface area contributed by atoms with Crippen molar-refractivity contribution in [2.24, 2.45) is 11.8 Å². The number of hydrogen-bond acceptors (Lipinski definition) is 3. The summed E-state index contributed by atoms with van der Waals surface area (Å²) >= 11 is 1.75. The molecule has 1 aromatic heterocycles. The van der Waals surface area contributed by atoms with Gasteiger partial charge in [-0.15, -0.1) is 0 Å². The molecule has 116 valence electrons. The highest BCUT2D eigenvalue weighted by atomic mass is 32.1. The number of hydrogen-bond donors (Lipinski definition) is 0. The Morgan fingerprint density at radius 3 is 2.76 bits per heavy atom. The average Bonchev–Trinajstić information content (AvgIpc) is 3.07. The molecule has 1 amide bonds. The molecule has 0 unspecified atom stereocenters. The molecule has 0 bridgehead atoms. The lowest BCUT2D eigenvalue weighted by Gasteiger charge is -2.36. The Labute approximate surface area is 131 Å². The van der Waals surface area contributed by atoms with Crippen LogP contribution in [0.4, 0.5) is 0 Å². The molecule has 0 aromatic carbocycles. The van der Waals surface area contributed by atoms with Gasteiger partial charge in [0.05, 0.1) is 6.54 Å². The molecule has 0 aliphatic carbocycles. The smallest absolute Gasteiger partial charge is 0.236 e. The zero-order chi connectivity index (χ0) is 14.8. The summed E-state index contributed by atoms with van der Waals surface area (Å²) in [7, 11) is 0. The van der Waals surface area contributed by atoms with E-state index in [-0.39, 0.29) is 0 Å². The number of carbonyl (C=O) groups excluding carboxylic acids is 1. The van der Waals surface area contributed by atoms with Crippen molar-refractivity contribution in [1.29, 1.82) is 0 Å². The number of rotatable bonds is 3. The maximum Gasteiger partial charge on any atom is 0.236 e. The normalized spacial score (nSPS) is 30.8. The van der Waals surface area contributed by atoms with Gasteiger partial charge in [-0.1, -0.05) is 13.8 Å². The van der Waals surface area contributed by atoms with E-state index in [9.17, 15) is 4.79 Å². The van der Waals surface area contributed by atoms with Crippen LogP contribution >= 0.6 is 11.3 Å². The van der Waals surface area contributed by atoms with Gasteiger partial charge in [0.15, 0.2) is 0 Å². The molecule has 2 aliphatic rings. The van der Waals surface area contributed by atoms with Crippen LogP contribution in [0.25, 0.3) is 0 Å². The summed E-state index contributed by atoms with van der Waals surface area (Å²) in [6.45, 7) is 8.07. The highest BCUT2D eigenvalue weighted by Gasteiger charge is 2.31. The fraction of sp³-hybridized carbons (Fsp3) is 0.706. The van der Waals surface area contributed by atoms with Crippen LogP contribution in [-0.4, -0.2) is 41.9 Å². The molecule has 0 radical (unpaired) electrons. The first-order chi connectivity index (χ1) is 10.1. The number of carbonyl (C=O) groups is 1. The summed E-state index contributed by atoms with van der Waals surface area (Å²) in [5.41, 5.74) is 1.39. The predicted octanol–water partition coefficient (Wildman–Crippen LogP) is 3.39. The number of thiophene rings is 1. The topological polar surface area (TPSA) is 23.6 Å². The lowest BCUT2D eigenvalue weighted by Crippen LogP contribution is -2.46. The predicted molar refractivity (Wildman–Crippen MR) is 87.4 cm³/mol. The molecule has 4 heteroatoms. The lowest BCUT2D eigenvalue weighted by atomic mass is 9.92. The Hall–Kier alpha value is -0.870. The largest absolute Gasteiger partial charge is 0.341 e. The van der Waals surface area contributed by atoms with Crippen LogP contribution in [0.1, 0.15) is 44.7 Å². The van der Waals surface area contributed by atoms with Gasteiger partial charge in [-0.05, 0) is 60.0 Å². The van der Waals surface area contributed by atoms with E-state index in [1.165, 1.54) is 24.8 Å². The van der Waals surface area contributed by atoms with Crippen molar-refractivity contribution in [3.8, 4) is 0 Å². The molecule has 3 heterocycles. The van der Waals surface area contributed by atoms with Crippen LogP contribution in [0.2, 0.25) is 0 Å². The zero-order valence-electron chi connectivity index (χ0n) is 13.1. The minimum atomic E-state index is 0.329. The molecular formula is C17H26N2OS. The second-order valence-electron chi connectivity index (χ2n) is 6.93. The first-order valence-electron chi connectivity index (χ1n) is 8.17. The van der Waals surface area contributed by atoms with Crippen molar-refractivity contribution in [2.45, 2.75) is 39.2 Å². The molecule has 21 heavy (non-hydrogen) atoms. The number of piperidine rings is 1. The monoisotopic (exact) mass is 306 g/mol. The van der Waals surface area contributed by atoms with E-state index in [2.05, 4.69) is 40.5 Å². The van der Waals surface area contributed by atoms with E-state index in [1.807, 2.05) is 0 Å². The van der Waals surface area contributed by atoms with Crippen LogP contribution < -0.4 is 0 Å². The third kappa shape index (κ3) is 3.49. The van der Waals surface area contributed by atoms with Crippen LogP contribution in [-0.2, 0) is 4.79 Å². The van der Waals surface area contributed by atoms with Gasteiger partial charge in [0, 0.05) is 19.1 Å². The van der Waals surface area contributed by atoms with Crippen molar-refractivity contribution in [3.63, 3.8) is 0 Å². The summed E-state index contributed by atoms with van der Waals surface area (Å²) in [6, 6.07) is 2.67. The van der Waals surface area contributed by atoms with Crippen LogP contribution in [0, 0.1) is 11.8 Å². The highest BCUT2D eigenvalue weighted by molar-refractivity contribution is 7.07. The van der Waals surface area contributed by atoms with Crippen molar-refractivity contribution >= 4 is 17.2 Å². The third-order valence-electron chi connectivity index (χ3n) is 4.85. The van der Waals surface area contributed by atoms with Gasteiger partial charge in [-0.25, -0.2) is 0 Å². The second kappa shape index (κ2) is 6.49. The van der Waals surface area contributed by atoms with Crippen molar-refractivity contribution in [3.05, 3.63) is 22.4 Å². The number of amides is 1. The molecule has 2 aliphatic heterocycles. The Morgan fingerprint density at radius 2 is 2.10 bits per heavy atom. The second-order valence-corrected chi connectivity index (χ2v) is 7.71. The van der Waals surface area contributed by atoms with Gasteiger partial charge >= 0.3 is 0 Å². The van der Waals surface area contributed by atoms with Gasteiger partial charge in [0.2, 0.25) is 5.91 Å². The standard InChI is InChI=1S/C17H26N2OS/c1-13-8-14(2)10-19(9-13)17(20)11-18-6-3-4-16(18)15-5-7-21-12-15/h5,7,12-14,16H,3-4,6,8-11H2,1-2H3/t13-,14+,16-/m1/s1. The Bertz CT molecular complexity index is 463. The maximum absolute atomic E-state index is 12.6. The van der Waals surface area contributed by atoms with Gasteiger partial charge < -0.3 is 4.90 Å². The van der Waals surface area contributed by atoms with E-state index >= 15 is 0 Å². The van der Waals surface area contributed by atoms with Crippen LogP contribution in [0.5, 0.6) is 0 Å². The summed E-state index contributed by atoms with van der Waals surface area (Å²) in [6.07, 6.45) is 3.66. The highest BCUT2D eigenvalue weighted by Crippen LogP contribution is 2.33. The number of likely N-dealkylation sites (tertiary alicyclic amines) is 2. The Morgan fingerprint density at radius 1 is 1.33 bits per heavy atom. The minimum Gasteiger partial charge on any atom is -0.341 e. The first kappa shape index (κ1) is 15.0. The SMILES string of the molecule is C[C@@H]1C[C@H](C)CN(C(=O)CN2CCC[C@@H]2c2ccsc2)C1. The average molecular weight is 306 g/mol. The fourth-order valence-corrected chi connectivity index (χ4v) is 4.70. The molecule has 2 saturated heterocycles. The van der Waals surface area contributed by atoms with E-state index in [0.717, 1.165) is 19.6 Å². The molecule has 1 aromatic rings. The Kier molecular flexibility index (Phi) is 4.65. The van der Waals surface area contributed by atoms with Crippen molar-refractivity contribution in [2.75, 3.05) is 26.2 Å². The summed E-state index contributed by atoms with van der Waals surface area (Å²) in [4.78, 5) is 17.1. The molecule has 3 atom stereocenters. The molecule has 0 N–H and O–H groups in total. The Balaban J connectivity index is 1.61. The van der Waals surface area contributed by atoms with E-state index < -0.39 is 0 Å². The molecule has 2 fully saturated rings. The molecule has 0 saturated carbocycles. The summed E-state index contributed by atoms with van der Waals surface area (Å²) < 4.78 is 0. The zero-order valence-corrected chi connectivity index (χ0v) is 13.9. The lowest BCUT2D eigenvalue weighted by molar-refractivity contribution is -0.135.